The zero-order chi connectivity index (χ0) is 15.3. The first-order valence-corrected chi connectivity index (χ1v) is 6.63. The summed E-state index contributed by atoms with van der Waals surface area (Å²) in [5, 5.41) is 11.6. The molecule has 0 radical (unpaired) electrons. The molecule has 0 aromatic heterocycles. The van der Waals surface area contributed by atoms with Crippen LogP contribution < -0.4 is 5.32 Å². The number of hydrogen-bond acceptors (Lipinski definition) is 2. The number of carboxylic acids is 1. The van der Waals surface area contributed by atoms with E-state index in [1.807, 2.05) is 33.8 Å². The quantitative estimate of drug-likeness (QED) is 0.812. The number of hydrogen-bond donors (Lipinski definition) is 2. The maximum Gasteiger partial charge on any atom is 0.328 e. The van der Waals surface area contributed by atoms with Crippen molar-refractivity contribution in [2.45, 2.75) is 33.7 Å². The minimum atomic E-state index is -1.01. The lowest BCUT2D eigenvalue weighted by Crippen LogP contribution is -2.36. The summed E-state index contributed by atoms with van der Waals surface area (Å²) in [6, 6.07) is 5.40. The van der Waals surface area contributed by atoms with E-state index in [2.05, 4.69) is 5.32 Å². The van der Waals surface area contributed by atoms with Crippen LogP contribution in [0.4, 0.5) is 0 Å². The summed E-state index contributed by atoms with van der Waals surface area (Å²) >= 11 is 0. The smallest absolute Gasteiger partial charge is 0.328 e. The van der Waals surface area contributed by atoms with E-state index in [9.17, 15) is 9.59 Å². The largest absolute Gasteiger partial charge is 0.478 e. The van der Waals surface area contributed by atoms with Crippen molar-refractivity contribution in [1.82, 2.24) is 5.32 Å². The molecular formula is C16H21NO3. The third-order valence-corrected chi connectivity index (χ3v) is 3.14. The van der Waals surface area contributed by atoms with E-state index in [0.717, 1.165) is 11.6 Å². The van der Waals surface area contributed by atoms with Gasteiger partial charge in [-0.25, -0.2) is 4.79 Å². The van der Waals surface area contributed by atoms with Crippen molar-refractivity contribution in [3.05, 3.63) is 41.0 Å². The number of aryl methyl sites for hydroxylation is 1. The van der Waals surface area contributed by atoms with Crippen LogP contribution in [0.3, 0.4) is 0 Å². The van der Waals surface area contributed by atoms with E-state index in [-0.39, 0.29) is 11.9 Å². The van der Waals surface area contributed by atoms with E-state index in [1.165, 1.54) is 6.08 Å². The molecule has 0 fully saturated rings. The summed E-state index contributed by atoms with van der Waals surface area (Å²) in [5.74, 6) is -0.791. The third kappa shape index (κ3) is 4.88. The number of carbonyl (C=O) groups is 2. The van der Waals surface area contributed by atoms with Gasteiger partial charge in [-0.05, 0) is 49.1 Å². The predicted molar refractivity (Wildman–Crippen MR) is 79.6 cm³/mol. The zero-order valence-corrected chi connectivity index (χ0v) is 12.3. The molecule has 0 saturated heterocycles. The van der Waals surface area contributed by atoms with E-state index >= 15 is 0 Å². The van der Waals surface area contributed by atoms with Crippen LogP contribution >= 0.6 is 0 Å². The number of rotatable bonds is 5. The molecule has 0 saturated carbocycles. The van der Waals surface area contributed by atoms with Gasteiger partial charge in [0, 0.05) is 17.7 Å². The van der Waals surface area contributed by atoms with Crippen LogP contribution in [0.15, 0.2) is 24.3 Å². The number of amides is 1. The Morgan fingerprint density at radius 1 is 1.20 bits per heavy atom. The Bertz CT molecular complexity index is 533. The Morgan fingerprint density at radius 3 is 2.40 bits per heavy atom. The topological polar surface area (TPSA) is 66.4 Å². The van der Waals surface area contributed by atoms with Gasteiger partial charge in [0.25, 0.3) is 5.91 Å². The van der Waals surface area contributed by atoms with Crippen molar-refractivity contribution >= 4 is 18.0 Å². The van der Waals surface area contributed by atoms with E-state index in [0.29, 0.717) is 17.0 Å². The van der Waals surface area contributed by atoms with Crippen molar-refractivity contribution in [2.75, 3.05) is 0 Å². The summed E-state index contributed by atoms with van der Waals surface area (Å²) in [5.41, 5.74) is 2.16. The molecule has 1 aromatic rings. The average molecular weight is 275 g/mol. The number of nitrogens with one attached hydrogen (secondary N) is 1. The average Bonchev–Trinajstić information content (AvgIpc) is 2.35. The van der Waals surface area contributed by atoms with Gasteiger partial charge in [-0.1, -0.05) is 19.9 Å². The van der Waals surface area contributed by atoms with Crippen LogP contribution in [0.2, 0.25) is 0 Å². The maximum absolute atomic E-state index is 12.2. The molecule has 1 rings (SSSR count). The Morgan fingerprint density at radius 2 is 1.85 bits per heavy atom. The molecule has 20 heavy (non-hydrogen) atoms. The molecule has 4 nitrogen and oxygen atoms in total. The molecule has 1 atom stereocenters. The Kier molecular flexibility index (Phi) is 5.50. The summed E-state index contributed by atoms with van der Waals surface area (Å²) < 4.78 is 0. The van der Waals surface area contributed by atoms with Gasteiger partial charge in [0.1, 0.15) is 0 Å². The lowest BCUT2D eigenvalue weighted by atomic mass is 10.0. The second kappa shape index (κ2) is 6.89. The second-order valence-electron chi connectivity index (χ2n) is 5.31. The predicted octanol–water partition coefficient (Wildman–Crippen LogP) is 2.87. The van der Waals surface area contributed by atoms with Gasteiger partial charge in [-0.15, -0.1) is 0 Å². The van der Waals surface area contributed by atoms with Crippen molar-refractivity contribution < 1.29 is 14.7 Å². The normalized spacial score (nSPS) is 12.7. The molecule has 1 unspecified atom stereocenters. The highest BCUT2D eigenvalue weighted by atomic mass is 16.4. The molecule has 0 aliphatic rings. The van der Waals surface area contributed by atoms with Gasteiger partial charge >= 0.3 is 5.97 Å². The summed E-state index contributed by atoms with van der Waals surface area (Å²) in [4.78, 5) is 22.7. The van der Waals surface area contributed by atoms with Crippen molar-refractivity contribution in [3.8, 4) is 0 Å². The first-order chi connectivity index (χ1) is 9.29. The summed E-state index contributed by atoms with van der Waals surface area (Å²) in [6.45, 7) is 7.93. The monoisotopic (exact) mass is 275 g/mol. The van der Waals surface area contributed by atoms with Gasteiger partial charge in [-0.3, -0.25) is 4.79 Å². The van der Waals surface area contributed by atoms with Crippen LogP contribution in [0.5, 0.6) is 0 Å². The van der Waals surface area contributed by atoms with Crippen LogP contribution in [-0.4, -0.2) is 23.0 Å². The highest BCUT2D eigenvalue weighted by molar-refractivity contribution is 5.95. The molecule has 1 aromatic carbocycles. The van der Waals surface area contributed by atoms with E-state index < -0.39 is 5.97 Å². The SMILES string of the molecule is Cc1cc(/C=C/C(=O)O)cc(C(=O)NC(C)C(C)C)c1. The van der Waals surface area contributed by atoms with Crippen molar-refractivity contribution in [3.63, 3.8) is 0 Å². The number of carboxylic acid groups (broad SMARTS) is 1. The van der Waals surface area contributed by atoms with Crippen molar-refractivity contribution in [2.24, 2.45) is 5.92 Å². The molecule has 0 heterocycles. The lowest BCUT2D eigenvalue weighted by Gasteiger charge is -2.17. The second-order valence-corrected chi connectivity index (χ2v) is 5.31. The molecule has 2 N–H and O–H groups in total. The first kappa shape index (κ1) is 16.0. The van der Waals surface area contributed by atoms with Crippen molar-refractivity contribution in [1.29, 1.82) is 0 Å². The fraction of sp³-hybridized carbons (Fsp3) is 0.375. The van der Waals surface area contributed by atoms with E-state index in [1.54, 1.807) is 12.1 Å². The highest BCUT2D eigenvalue weighted by Crippen LogP contribution is 2.12. The fourth-order valence-electron chi connectivity index (χ4n) is 1.66. The van der Waals surface area contributed by atoms with Gasteiger partial charge < -0.3 is 10.4 Å². The zero-order valence-electron chi connectivity index (χ0n) is 12.3. The summed E-state index contributed by atoms with van der Waals surface area (Å²) in [7, 11) is 0. The van der Waals surface area contributed by atoms with Gasteiger partial charge in [0.2, 0.25) is 0 Å². The van der Waals surface area contributed by atoms with Gasteiger partial charge in [0.05, 0.1) is 0 Å². The fourth-order valence-corrected chi connectivity index (χ4v) is 1.66. The molecule has 108 valence electrons. The van der Waals surface area contributed by atoms with Gasteiger partial charge in [-0.2, -0.15) is 0 Å². The number of aliphatic carboxylic acids is 1. The van der Waals surface area contributed by atoms with Crippen LogP contribution in [-0.2, 0) is 4.79 Å². The molecule has 0 spiro atoms. The Balaban J connectivity index is 2.95. The minimum Gasteiger partial charge on any atom is -0.478 e. The van der Waals surface area contributed by atoms with Crippen LogP contribution in [0.1, 0.15) is 42.3 Å². The Labute approximate surface area is 119 Å². The Hall–Kier alpha value is -2.10. The third-order valence-electron chi connectivity index (χ3n) is 3.14. The standard InChI is InChI=1S/C16H21NO3/c1-10(2)12(4)17-16(20)14-8-11(3)7-13(9-14)5-6-15(18)19/h5-10,12H,1-4H3,(H,17,20)(H,18,19)/b6-5+. The van der Waals surface area contributed by atoms with Crippen LogP contribution in [0.25, 0.3) is 6.08 Å². The lowest BCUT2D eigenvalue weighted by molar-refractivity contribution is -0.131. The first-order valence-electron chi connectivity index (χ1n) is 6.63. The van der Waals surface area contributed by atoms with Gasteiger partial charge in [0.15, 0.2) is 0 Å². The molecule has 0 bridgehead atoms. The molecular weight excluding hydrogens is 254 g/mol. The highest BCUT2D eigenvalue weighted by Gasteiger charge is 2.13. The molecule has 0 aliphatic heterocycles. The maximum atomic E-state index is 12.2. The van der Waals surface area contributed by atoms with E-state index in [4.69, 9.17) is 5.11 Å². The number of carbonyl (C=O) groups excluding carboxylic acids is 1. The molecule has 1 amide bonds. The minimum absolute atomic E-state index is 0.0843. The summed E-state index contributed by atoms with van der Waals surface area (Å²) in [6.07, 6.45) is 2.55. The van der Waals surface area contributed by atoms with Crippen LogP contribution in [0, 0.1) is 12.8 Å². The molecule has 4 heteroatoms. The molecule has 0 aliphatic carbocycles. The number of benzene rings is 1.